The SMILES string of the molecule is CCCN(C(=O)CCCCCNC(=O)NC1CCCCC1)C1CCNC1.Cl. The molecule has 1 unspecified atom stereocenters. The molecule has 27 heavy (non-hydrogen) atoms. The first-order valence-corrected chi connectivity index (χ1v) is 10.7. The van der Waals surface area contributed by atoms with Gasteiger partial charge in [0.05, 0.1) is 0 Å². The number of rotatable bonds is 10. The number of amides is 3. The lowest BCUT2D eigenvalue weighted by Gasteiger charge is -2.28. The van der Waals surface area contributed by atoms with Gasteiger partial charge in [-0.15, -0.1) is 12.4 Å². The Hall–Kier alpha value is -1.01. The van der Waals surface area contributed by atoms with Crippen LogP contribution < -0.4 is 16.0 Å². The Morgan fingerprint density at radius 3 is 2.52 bits per heavy atom. The summed E-state index contributed by atoms with van der Waals surface area (Å²) >= 11 is 0. The highest BCUT2D eigenvalue weighted by Crippen LogP contribution is 2.17. The summed E-state index contributed by atoms with van der Waals surface area (Å²) in [5, 5.41) is 9.37. The Labute approximate surface area is 171 Å². The largest absolute Gasteiger partial charge is 0.338 e. The monoisotopic (exact) mass is 402 g/mol. The maximum absolute atomic E-state index is 12.5. The van der Waals surface area contributed by atoms with Crippen molar-refractivity contribution >= 4 is 24.3 Å². The van der Waals surface area contributed by atoms with E-state index in [0.717, 1.165) is 64.6 Å². The Bertz CT molecular complexity index is 424. The van der Waals surface area contributed by atoms with Gasteiger partial charge in [-0.1, -0.05) is 32.6 Å². The fourth-order valence-corrected chi connectivity index (χ4v) is 4.06. The normalized spacial score (nSPS) is 20.0. The van der Waals surface area contributed by atoms with Crippen molar-refractivity contribution < 1.29 is 9.59 Å². The van der Waals surface area contributed by atoms with Crippen LogP contribution in [0.25, 0.3) is 0 Å². The molecule has 7 heteroatoms. The molecule has 0 radical (unpaired) electrons. The molecule has 6 nitrogen and oxygen atoms in total. The molecule has 1 saturated heterocycles. The summed E-state index contributed by atoms with van der Waals surface area (Å²) in [6.07, 6.45) is 11.5. The summed E-state index contributed by atoms with van der Waals surface area (Å²) in [6, 6.07) is 0.708. The number of nitrogens with zero attached hydrogens (tertiary/aromatic N) is 1. The molecular weight excluding hydrogens is 364 g/mol. The fraction of sp³-hybridized carbons (Fsp3) is 0.900. The van der Waals surface area contributed by atoms with E-state index >= 15 is 0 Å². The Morgan fingerprint density at radius 2 is 1.85 bits per heavy atom. The van der Waals surface area contributed by atoms with E-state index in [4.69, 9.17) is 0 Å². The lowest BCUT2D eigenvalue weighted by Crippen LogP contribution is -2.43. The molecule has 0 bridgehead atoms. The fourth-order valence-electron chi connectivity index (χ4n) is 4.06. The summed E-state index contributed by atoms with van der Waals surface area (Å²) in [7, 11) is 0. The summed E-state index contributed by atoms with van der Waals surface area (Å²) < 4.78 is 0. The van der Waals surface area contributed by atoms with Crippen molar-refractivity contribution in [1.82, 2.24) is 20.9 Å². The van der Waals surface area contributed by atoms with Crippen LogP contribution in [0.3, 0.4) is 0 Å². The zero-order valence-electron chi connectivity index (χ0n) is 16.9. The van der Waals surface area contributed by atoms with Crippen LogP contribution in [0.2, 0.25) is 0 Å². The van der Waals surface area contributed by atoms with Crippen molar-refractivity contribution in [3.63, 3.8) is 0 Å². The third-order valence-corrected chi connectivity index (χ3v) is 5.55. The molecule has 2 rings (SSSR count). The first kappa shape index (κ1) is 24.0. The molecule has 3 amide bonds. The first-order chi connectivity index (χ1) is 12.7. The van der Waals surface area contributed by atoms with Crippen molar-refractivity contribution in [2.75, 3.05) is 26.2 Å². The van der Waals surface area contributed by atoms with Crippen LogP contribution in [0.4, 0.5) is 4.79 Å². The number of urea groups is 1. The third kappa shape index (κ3) is 9.15. The lowest BCUT2D eigenvalue weighted by atomic mass is 9.96. The van der Waals surface area contributed by atoms with Gasteiger partial charge in [-0.05, 0) is 45.1 Å². The predicted molar refractivity (Wildman–Crippen MR) is 112 cm³/mol. The van der Waals surface area contributed by atoms with Crippen LogP contribution in [0.5, 0.6) is 0 Å². The van der Waals surface area contributed by atoms with Gasteiger partial charge in [-0.25, -0.2) is 4.79 Å². The first-order valence-electron chi connectivity index (χ1n) is 10.7. The minimum Gasteiger partial charge on any atom is -0.338 e. The highest BCUT2D eigenvalue weighted by atomic mass is 35.5. The van der Waals surface area contributed by atoms with E-state index < -0.39 is 0 Å². The van der Waals surface area contributed by atoms with Crippen molar-refractivity contribution in [1.29, 1.82) is 0 Å². The van der Waals surface area contributed by atoms with Gasteiger partial charge in [0.15, 0.2) is 0 Å². The molecule has 0 aromatic heterocycles. The summed E-state index contributed by atoms with van der Waals surface area (Å²) in [4.78, 5) is 26.5. The number of unbranched alkanes of at least 4 members (excludes halogenated alkanes) is 2. The van der Waals surface area contributed by atoms with E-state index in [0.29, 0.717) is 31.0 Å². The Kier molecular flexibility index (Phi) is 12.5. The second-order valence-corrected chi connectivity index (χ2v) is 7.78. The molecule has 1 heterocycles. The van der Waals surface area contributed by atoms with E-state index in [2.05, 4.69) is 27.8 Å². The molecule has 1 saturated carbocycles. The van der Waals surface area contributed by atoms with Crippen molar-refractivity contribution in [2.45, 2.75) is 89.6 Å². The molecule has 1 aliphatic carbocycles. The Morgan fingerprint density at radius 1 is 1.07 bits per heavy atom. The molecule has 3 N–H and O–H groups in total. The topological polar surface area (TPSA) is 73.5 Å². The van der Waals surface area contributed by atoms with Gasteiger partial charge in [-0.2, -0.15) is 0 Å². The predicted octanol–water partition coefficient (Wildman–Crippen LogP) is 3.20. The van der Waals surface area contributed by atoms with Crippen LogP contribution in [0, 0.1) is 0 Å². The van der Waals surface area contributed by atoms with E-state index in [1.165, 1.54) is 19.3 Å². The van der Waals surface area contributed by atoms with Gasteiger partial charge in [0, 0.05) is 38.1 Å². The van der Waals surface area contributed by atoms with Crippen LogP contribution in [-0.2, 0) is 4.79 Å². The maximum Gasteiger partial charge on any atom is 0.315 e. The van der Waals surface area contributed by atoms with Gasteiger partial charge in [0.2, 0.25) is 5.91 Å². The summed E-state index contributed by atoms with van der Waals surface area (Å²) in [6.45, 7) is 5.65. The second-order valence-electron chi connectivity index (χ2n) is 7.78. The zero-order valence-corrected chi connectivity index (χ0v) is 17.7. The average Bonchev–Trinajstić information content (AvgIpc) is 3.17. The lowest BCUT2D eigenvalue weighted by molar-refractivity contribution is -0.133. The van der Waals surface area contributed by atoms with Gasteiger partial charge >= 0.3 is 6.03 Å². The van der Waals surface area contributed by atoms with Crippen molar-refractivity contribution in [3.8, 4) is 0 Å². The van der Waals surface area contributed by atoms with Crippen molar-refractivity contribution in [3.05, 3.63) is 0 Å². The molecule has 158 valence electrons. The molecule has 1 aliphatic heterocycles. The summed E-state index contributed by atoms with van der Waals surface area (Å²) in [5.41, 5.74) is 0. The second kappa shape index (κ2) is 14.1. The third-order valence-electron chi connectivity index (χ3n) is 5.55. The van der Waals surface area contributed by atoms with Gasteiger partial charge in [0.1, 0.15) is 0 Å². The quantitative estimate of drug-likeness (QED) is 0.491. The average molecular weight is 403 g/mol. The number of carbonyl (C=O) groups excluding carboxylic acids is 2. The molecule has 2 aliphatic rings. The van der Waals surface area contributed by atoms with Crippen LogP contribution in [-0.4, -0.2) is 55.1 Å². The smallest absolute Gasteiger partial charge is 0.315 e. The van der Waals surface area contributed by atoms with Gasteiger partial charge < -0.3 is 20.9 Å². The summed E-state index contributed by atoms with van der Waals surface area (Å²) in [5.74, 6) is 0.295. The van der Waals surface area contributed by atoms with Crippen LogP contribution in [0.15, 0.2) is 0 Å². The minimum atomic E-state index is -0.0316. The standard InChI is InChI=1S/C20H38N4O2.ClH/c1-2-15-24(18-12-14-21-16-18)19(25)11-7-4-8-13-22-20(26)23-17-9-5-3-6-10-17;/h17-18,21H,2-16H2,1H3,(H2,22,23,26);1H. The molecule has 0 spiro atoms. The number of hydrogen-bond acceptors (Lipinski definition) is 3. The van der Waals surface area contributed by atoms with Crippen molar-refractivity contribution in [2.24, 2.45) is 0 Å². The molecular formula is C20H39ClN4O2. The highest BCUT2D eigenvalue weighted by molar-refractivity contribution is 5.85. The highest BCUT2D eigenvalue weighted by Gasteiger charge is 2.25. The zero-order chi connectivity index (χ0) is 18.6. The minimum absolute atomic E-state index is 0. The van der Waals surface area contributed by atoms with Gasteiger partial charge in [0.25, 0.3) is 0 Å². The molecule has 1 atom stereocenters. The number of hydrogen-bond donors (Lipinski definition) is 3. The van der Waals surface area contributed by atoms with E-state index in [-0.39, 0.29) is 18.4 Å². The number of carbonyl (C=O) groups is 2. The van der Waals surface area contributed by atoms with E-state index in [1.807, 2.05) is 0 Å². The van der Waals surface area contributed by atoms with E-state index in [1.54, 1.807) is 0 Å². The van der Waals surface area contributed by atoms with Crippen LogP contribution >= 0.6 is 12.4 Å². The molecule has 0 aromatic carbocycles. The number of halogens is 1. The Balaban J connectivity index is 0.00000364. The molecule has 0 aromatic rings. The maximum atomic E-state index is 12.5. The molecule has 2 fully saturated rings. The van der Waals surface area contributed by atoms with Crippen LogP contribution in [0.1, 0.15) is 77.6 Å². The van der Waals surface area contributed by atoms with E-state index in [9.17, 15) is 9.59 Å². The van der Waals surface area contributed by atoms with Gasteiger partial charge in [-0.3, -0.25) is 4.79 Å². The number of nitrogens with one attached hydrogen (secondary N) is 3.